The van der Waals surface area contributed by atoms with Gasteiger partial charge in [0.2, 0.25) is 0 Å². The van der Waals surface area contributed by atoms with Crippen molar-refractivity contribution in [1.82, 2.24) is 0 Å². The van der Waals surface area contributed by atoms with Gasteiger partial charge in [0.1, 0.15) is 17.4 Å². The maximum atomic E-state index is 11.9. The van der Waals surface area contributed by atoms with Crippen molar-refractivity contribution in [2.24, 2.45) is 0 Å². The summed E-state index contributed by atoms with van der Waals surface area (Å²) in [5, 5.41) is 9.00. The van der Waals surface area contributed by atoms with Crippen molar-refractivity contribution in [3.05, 3.63) is 71.3 Å². The molecule has 0 aromatic heterocycles. The topological polar surface area (TPSA) is 76.4 Å². The second-order valence-corrected chi connectivity index (χ2v) is 4.71. The molecule has 0 radical (unpaired) electrons. The minimum atomic E-state index is -0.667. The van der Waals surface area contributed by atoms with Crippen molar-refractivity contribution in [3.8, 4) is 11.8 Å². The third kappa shape index (κ3) is 4.55. The first-order chi connectivity index (χ1) is 11.6. The SMILES string of the molecule is CCOC(=O)/C(C#N)=C\c1ccc(OC(=O)c2ccccc2)cc1. The van der Waals surface area contributed by atoms with Gasteiger partial charge in [-0.15, -0.1) is 0 Å². The van der Waals surface area contributed by atoms with Crippen molar-refractivity contribution in [3.63, 3.8) is 0 Å². The lowest BCUT2D eigenvalue weighted by Gasteiger charge is -2.05. The number of rotatable bonds is 5. The molecule has 2 aromatic rings. The van der Waals surface area contributed by atoms with Gasteiger partial charge >= 0.3 is 11.9 Å². The summed E-state index contributed by atoms with van der Waals surface area (Å²) < 4.78 is 10.0. The summed E-state index contributed by atoms with van der Waals surface area (Å²) in [6.45, 7) is 1.87. The Morgan fingerprint density at radius 3 is 2.33 bits per heavy atom. The number of nitriles is 1. The van der Waals surface area contributed by atoms with Crippen molar-refractivity contribution in [1.29, 1.82) is 5.26 Å². The molecule has 0 unspecified atom stereocenters. The van der Waals surface area contributed by atoms with Crippen LogP contribution in [-0.2, 0) is 9.53 Å². The van der Waals surface area contributed by atoms with Gasteiger partial charge in [-0.05, 0) is 42.8 Å². The van der Waals surface area contributed by atoms with Crippen LogP contribution >= 0.6 is 0 Å². The van der Waals surface area contributed by atoms with E-state index in [-0.39, 0.29) is 12.2 Å². The minimum Gasteiger partial charge on any atom is -0.462 e. The smallest absolute Gasteiger partial charge is 0.348 e. The van der Waals surface area contributed by atoms with Crippen LogP contribution in [0.25, 0.3) is 6.08 Å². The van der Waals surface area contributed by atoms with Crippen LogP contribution in [0.2, 0.25) is 0 Å². The molecule has 0 aliphatic rings. The van der Waals surface area contributed by atoms with Gasteiger partial charge in [-0.3, -0.25) is 0 Å². The van der Waals surface area contributed by atoms with Crippen molar-refractivity contribution < 1.29 is 19.1 Å². The summed E-state index contributed by atoms with van der Waals surface area (Å²) in [5.74, 6) is -0.752. The van der Waals surface area contributed by atoms with E-state index in [4.69, 9.17) is 14.7 Å². The first kappa shape index (κ1) is 17.0. The lowest BCUT2D eigenvalue weighted by Crippen LogP contribution is -2.08. The highest BCUT2D eigenvalue weighted by molar-refractivity contribution is 5.97. The van der Waals surface area contributed by atoms with E-state index < -0.39 is 11.9 Å². The Morgan fingerprint density at radius 1 is 1.08 bits per heavy atom. The molecular formula is C19H15NO4. The molecule has 0 bridgehead atoms. The van der Waals surface area contributed by atoms with Crippen LogP contribution in [0.3, 0.4) is 0 Å². The Bertz CT molecular complexity index is 786. The van der Waals surface area contributed by atoms with Gasteiger partial charge in [0.25, 0.3) is 0 Å². The van der Waals surface area contributed by atoms with E-state index in [0.29, 0.717) is 16.9 Å². The van der Waals surface area contributed by atoms with Crippen molar-refractivity contribution in [2.45, 2.75) is 6.92 Å². The van der Waals surface area contributed by atoms with E-state index >= 15 is 0 Å². The van der Waals surface area contributed by atoms with Gasteiger partial charge in [0, 0.05) is 0 Å². The van der Waals surface area contributed by atoms with Gasteiger partial charge in [0.05, 0.1) is 12.2 Å². The molecule has 24 heavy (non-hydrogen) atoms. The summed E-state index contributed by atoms with van der Waals surface area (Å²) in [6.07, 6.45) is 1.42. The molecule has 120 valence electrons. The molecule has 0 saturated carbocycles. The highest BCUT2D eigenvalue weighted by atomic mass is 16.5. The molecular weight excluding hydrogens is 306 g/mol. The molecule has 2 rings (SSSR count). The van der Waals surface area contributed by atoms with E-state index in [1.807, 2.05) is 6.07 Å². The fourth-order valence-corrected chi connectivity index (χ4v) is 1.88. The van der Waals surface area contributed by atoms with Crippen molar-refractivity contribution in [2.75, 3.05) is 6.61 Å². The quantitative estimate of drug-likeness (QED) is 0.365. The zero-order chi connectivity index (χ0) is 17.4. The van der Waals surface area contributed by atoms with Crippen LogP contribution in [0.15, 0.2) is 60.2 Å². The number of benzene rings is 2. The standard InChI is InChI=1S/C19H15NO4/c1-2-23-18(21)16(13-20)12-14-8-10-17(11-9-14)24-19(22)15-6-4-3-5-7-15/h3-12H,2H2,1H3/b16-12-. The number of carbonyl (C=O) groups is 2. The molecule has 0 fully saturated rings. The Hall–Kier alpha value is -3.39. The van der Waals surface area contributed by atoms with Gasteiger partial charge < -0.3 is 9.47 Å². The van der Waals surface area contributed by atoms with Crippen LogP contribution in [0.4, 0.5) is 0 Å². The normalized spacial score (nSPS) is 10.6. The lowest BCUT2D eigenvalue weighted by molar-refractivity contribution is -0.137. The van der Waals surface area contributed by atoms with Crippen LogP contribution < -0.4 is 4.74 Å². The second kappa shape index (κ2) is 8.30. The number of carbonyl (C=O) groups excluding carboxylic acids is 2. The van der Waals surface area contributed by atoms with Crippen molar-refractivity contribution >= 4 is 18.0 Å². The van der Waals surface area contributed by atoms with E-state index in [1.54, 1.807) is 61.5 Å². The summed E-state index contributed by atoms with van der Waals surface area (Å²) in [4.78, 5) is 23.5. The van der Waals surface area contributed by atoms with Crippen LogP contribution in [0, 0.1) is 11.3 Å². The van der Waals surface area contributed by atoms with Gasteiger partial charge in [-0.2, -0.15) is 5.26 Å². The highest BCUT2D eigenvalue weighted by Crippen LogP contribution is 2.16. The number of ether oxygens (including phenoxy) is 2. The molecule has 0 spiro atoms. The summed E-state index contributed by atoms with van der Waals surface area (Å²) >= 11 is 0. The Kier molecular flexibility index (Phi) is 5.87. The average molecular weight is 321 g/mol. The third-order valence-electron chi connectivity index (χ3n) is 3.03. The molecule has 0 N–H and O–H groups in total. The molecule has 0 aliphatic carbocycles. The van der Waals surface area contributed by atoms with Gasteiger partial charge in [0.15, 0.2) is 0 Å². The van der Waals surface area contributed by atoms with E-state index in [9.17, 15) is 9.59 Å². The molecule has 0 saturated heterocycles. The summed E-state index contributed by atoms with van der Waals surface area (Å²) in [7, 11) is 0. The minimum absolute atomic E-state index is 0.0918. The van der Waals surface area contributed by atoms with Gasteiger partial charge in [-0.25, -0.2) is 9.59 Å². The zero-order valence-corrected chi connectivity index (χ0v) is 13.1. The van der Waals surface area contributed by atoms with Crippen LogP contribution in [0.1, 0.15) is 22.8 Å². The van der Waals surface area contributed by atoms with Crippen LogP contribution in [0.5, 0.6) is 5.75 Å². The number of esters is 2. The third-order valence-corrected chi connectivity index (χ3v) is 3.03. The highest BCUT2D eigenvalue weighted by Gasteiger charge is 2.10. The average Bonchev–Trinajstić information content (AvgIpc) is 2.62. The Balaban J connectivity index is 2.09. The Morgan fingerprint density at radius 2 is 1.75 bits per heavy atom. The molecule has 0 aliphatic heterocycles. The van der Waals surface area contributed by atoms with E-state index in [2.05, 4.69) is 0 Å². The second-order valence-electron chi connectivity index (χ2n) is 4.71. The lowest BCUT2D eigenvalue weighted by atomic mass is 10.1. The number of nitrogens with zero attached hydrogens (tertiary/aromatic N) is 1. The summed E-state index contributed by atoms with van der Waals surface area (Å²) in [6, 6.07) is 16.9. The maximum absolute atomic E-state index is 11.9. The first-order valence-electron chi connectivity index (χ1n) is 7.30. The molecule has 0 amide bonds. The molecule has 5 heteroatoms. The van der Waals surface area contributed by atoms with E-state index in [1.165, 1.54) is 6.08 Å². The van der Waals surface area contributed by atoms with E-state index in [0.717, 1.165) is 0 Å². The van der Waals surface area contributed by atoms with Crippen LogP contribution in [-0.4, -0.2) is 18.5 Å². The Labute approximate surface area is 139 Å². The maximum Gasteiger partial charge on any atom is 0.348 e. The predicted molar refractivity (Wildman–Crippen MR) is 88.1 cm³/mol. The predicted octanol–water partition coefficient (Wildman–Crippen LogP) is 3.38. The molecule has 0 heterocycles. The fraction of sp³-hybridized carbons (Fsp3) is 0.105. The number of hydrogen-bond acceptors (Lipinski definition) is 5. The molecule has 0 atom stereocenters. The summed E-state index contributed by atoms with van der Waals surface area (Å²) in [5.41, 5.74) is 0.987. The zero-order valence-electron chi connectivity index (χ0n) is 13.1. The largest absolute Gasteiger partial charge is 0.462 e. The number of hydrogen-bond donors (Lipinski definition) is 0. The van der Waals surface area contributed by atoms with Gasteiger partial charge in [-0.1, -0.05) is 30.3 Å². The monoisotopic (exact) mass is 321 g/mol. The molecule has 5 nitrogen and oxygen atoms in total. The first-order valence-corrected chi connectivity index (χ1v) is 7.30. The fourth-order valence-electron chi connectivity index (χ4n) is 1.88. The molecule has 2 aromatic carbocycles.